The fraction of sp³-hybridized carbons (Fsp3) is 0.417. The smallest absolute Gasteiger partial charge is 0.410 e. The summed E-state index contributed by atoms with van der Waals surface area (Å²) in [6, 6.07) is 14.7. The van der Waals surface area contributed by atoms with E-state index >= 15 is 0 Å². The molecule has 2 aromatic rings. The van der Waals surface area contributed by atoms with E-state index in [1.165, 1.54) is 0 Å². The molecule has 1 unspecified atom stereocenters. The van der Waals surface area contributed by atoms with E-state index in [0.29, 0.717) is 37.7 Å². The van der Waals surface area contributed by atoms with Gasteiger partial charge in [-0.15, -0.1) is 0 Å². The molecule has 2 saturated heterocycles. The van der Waals surface area contributed by atoms with Crippen LogP contribution in [0.2, 0.25) is 0 Å². The molecule has 4 rings (SSSR count). The minimum absolute atomic E-state index is 0.0392. The number of carbonyl (C=O) groups is 2. The predicted octanol–water partition coefficient (Wildman–Crippen LogP) is 4.35. The lowest BCUT2D eigenvalue weighted by Gasteiger charge is -2.36. The van der Waals surface area contributed by atoms with Crippen LogP contribution in [0.25, 0.3) is 0 Å². The maximum absolute atomic E-state index is 13.0. The Morgan fingerprint density at radius 1 is 0.906 bits per heavy atom. The van der Waals surface area contributed by atoms with Gasteiger partial charge in [-0.05, 0) is 69.3 Å². The van der Waals surface area contributed by atoms with Crippen molar-refractivity contribution in [3.05, 3.63) is 48.5 Å². The highest BCUT2D eigenvalue weighted by Gasteiger charge is 2.42. The molecule has 0 N–H and O–H groups in total. The number of hydrogen-bond acceptors (Lipinski definition) is 5. The highest BCUT2D eigenvalue weighted by Crippen LogP contribution is 2.30. The summed E-state index contributed by atoms with van der Waals surface area (Å²) in [5, 5.41) is 0. The largest absolute Gasteiger partial charge is 0.497 e. The highest BCUT2D eigenvalue weighted by molar-refractivity contribution is 5.95. The van der Waals surface area contributed by atoms with Crippen LogP contribution in [0, 0.1) is 0 Å². The Morgan fingerprint density at radius 2 is 1.50 bits per heavy atom. The van der Waals surface area contributed by atoms with Crippen LogP contribution in [0.4, 0.5) is 15.3 Å². The van der Waals surface area contributed by atoms with Crippen molar-refractivity contribution in [1.82, 2.24) is 9.80 Å². The average molecular weight is 440 g/mol. The van der Waals surface area contributed by atoms with E-state index in [-0.39, 0.29) is 18.2 Å². The number of fused-ring (bicyclic) bond motifs is 1. The predicted molar refractivity (Wildman–Crippen MR) is 121 cm³/mol. The van der Waals surface area contributed by atoms with Crippen molar-refractivity contribution in [3.8, 4) is 17.2 Å². The van der Waals surface area contributed by atoms with Crippen molar-refractivity contribution in [2.75, 3.05) is 38.2 Å². The number of anilines is 1. The monoisotopic (exact) mass is 439 g/mol. The van der Waals surface area contributed by atoms with Gasteiger partial charge in [-0.3, -0.25) is 4.90 Å². The fourth-order valence-corrected chi connectivity index (χ4v) is 3.89. The van der Waals surface area contributed by atoms with E-state index < -0.39 is 5.60 Å². The molecule has 1 atom stereocenters. The molecule has 0 spiro atoms. The summed E-state index contributed by atoms with van der Waals surface area (Å²) >= 11 is 0. The second kappa shape index (κ2) is 8.61. The number of carbonyl (C=O) groups excluding carboxylic acids is 2. The topological polar surface area (TPSA) is 71.6 Å². The number of nitrogens with zero attached hydrogens (tertiary/aromatic N) is 3. The first-order valence-electron chi connectivity index (χ1n) is 10.7. The number of hydrogen-bond donors (Lipinski definition) is 0. The summed E-state index contributed by atoms with van der Waals surface area (Å²) in [5.41, 5.74) is 0.261. The van der Waals surface area contributed by atoms with Gasteiger partial charge in [-0.2, -0.15) is 0 Å². The zero-order valence-corrected chi connectivity index (χ0v) is 18.9. The van der Waals surface area contributed by atoms with E-state index in [4.69, 9.17) is 14.2 Å². The van der Waals surface area contributed by atoms with E-state index in [0.717, 1.165) is 11.4 Å². The van der Waals surface area contributed by atoms with Gasteiger partial charge in [-0.25, -0.2) is 9.59 Å². The number of benzene rings is 2. The normalized spacial score (nSPS) is 18.4. The Balaban J connectivity index is 1.39. The number of amides is 3. The zero-order valence-electron chi connectivity index (χ0n) is 18.9. The van der Waals surface area contributed by atoms with Crippen LogP contribution in [-0.4, -0.2) is 66.9 Å². The molecule has 2 heterocycles. The first-order chi connectivity index (χ1) is 15.2. The SMILES string of the molecule is COc1ccc(Oc2ccc(N3CC4CN(C(=O)OC(C)(C)C)CCN4C3=O)cc2)cc1. The lowest BCUT2D eigenvalue weighted by atomic mass is 10.2. The molecule has 170 valence electrons. The van der Waals surface area contributed by atoms with Crippen molar-refractivity contribution < 1.29 is 23.8 Å². The van der Waals surface area contributed by atoms with Gasteiger partial charge in [0.15, 0.2) is 0 Å². The van der Waals surface area contributed by atoms with Gasteiger partial charge in [0, 0.05) is 31.9 Å². The Bertz CT molecular complexity index is 969. The first kappa shape index (κ1) is 21.8. The maximum atomic E-state index is 13.0. The lowest BCUT2D eigenvalue weighted by molar-refractivity contribution is 0.0128. The van der Waals surface area contributed by atoms with Crippen LogP contribution in [0.1, 0.15) is 20.8 Å². The molecule has 0 aromatic heterocycles. The minimum atomic E-state index is -0.540. The third-order valence-corrected chi connectivity index (χ3v) is 5.45. The Hall–Kier alpha value is -3.42. The van der Waals surface area contributed by atoms with E-state index in [2.05, 4.69) is 0 Å². The van der Waals surface area contributed by atoms with E-state index in [1.807, 2.05) is 74.2 Å². The molecular formula is C24H29N3O5. The quantitative estimate of drug-likeness (QED) is 0.708. The van der Waals surface area contributed by atoms with E-state index in [1.54, 1.807) is 16.9 Å². The van der Waals surface area contributed by atoms with Gasteiger partial charge in [-0.1, -0.05) is 0 Å². The summed E-state index contributed by atoms with van der Waals surface area (Å²) < 4.78 is 16.5. The molecule has 0 saturated carbocycles. The van der Waals surface area contributed by atoms with Crippen LogP contribution in [0.3, 0.4) is 0 Å². The number of urea groups is 1. The van der Waals surface area contributed by atoms with Crippen molar-refractivity contribution in [3.63, 3.8) is 0 Å². The van der Waals surface area contributed by atoms with Gasteiger partial charge in [0.2, 0.25) is 0 Å². The molecule has 2 aliphatic rings. The van der Waals surface area contributed by atoms with Crippen molar-refractivity contribution in [2.24, 2.45) is 0 Å². The van der Waals surface area contributed by atoms with Gasteiger partial charge in [0.1, 0.15) is 22.8 Å². The fourth-order valence-electron chi connectivity index (χ4n) is 3.89. The summed E-state index contributed by atoms with van der Waals surface area (Å²) in [4.78, 5) is 30.7. The maximum Gasteiger partial charge on any atom is 0.410 e. The van der Waals surface area contributed by atoms with Crippen LogP contribution in [-0.2, 0) is 4.74 Å². The van der Waals surface area contributed by atoms with Crippen molar-refractivity contribution in [1.29, 1.82) is 0 Å². The number of rotatable bonds is 4. The van der Waals surface area contributed by atoms with Gasteiger partial charge >= 0.3 is 12.1 Å². The molecule has 8 nitrogen and oxygen atoms in total. The summed E-state index contributed by atoms with van der Waals surface area (Å²) in [5.74, 6) is 2.15. The molecular weight excluding hydrogens is 410 g/mol. The van der Waals surface area contributed by atoms with Crippen LogP contribution < -0.4 is 14.4 Å². The molecule has 2 aliphatic heterocycles. The molecule has 2 fully saturated rings. The molecule has 2 aromatic carbocycles. The lowest BCUT2D eigenvalue weighted by Crippen LogP contribution is -2.54. The van der Waals surface area contributed by atoms with Crippen LogP contribution >= 0.6 is 0 Å². The summed E-state index contributed by atoms with van der Waals surface area (Å²) in [6.45, 7) is 7.52. The van der Waals surface area contributed by atoms with Crippen molar-refractivity contribution in [2.45, 2.75) is 32.4 Å². The third kappa shape index (κ3) is 4.74. The Kier molecular flexibility index (Phi) is 5.86. The first-order valence-corrected chi connectivity index (χ1v) is 10.7. The zero-order chi connectivity index (χ0) is 22.9. The molecule has 8 heteroatoms. The van der Waals surface area contributed by atoms with Gasteiger partial charge in [0.05, 0.1) is 13.2 Å². The van der Waals surface area contributed by atoms with Crippen LogP contribution in [0.15, 0.2) is 48.5 Å². The molecule has 0 radical (unpaired) electrons. The second-order valence-corrected chi connectivity index (χ2v) is 8.94. The molecule has 32 heavy (non-hydrogen) atoms. The molecule has 0 aliphatic carbocycles. The number of piperazine rings is 1. The van der Waals surface area contributed by atoms with Gasteiger partial charge < -0.3 is 24.0 Å². The number of ether oxygens (including phenoxy) is 3. The minimum Gasteiger partial charge on any atom is -0.497 e. The summed E-state index contributed by atoms with van der Waals surface area (Å²) in [7, 11) is 1.62. The van der Waals surface area contributed by atoms with E-state index in [9.17, 15) is 9.59 Å². The van der Waals surface area contributed by atoms with Gasteiger partial charge in [0.25, 0.3) is 0 Å². The standard InChI is InChI=1S/C24H29N3O5/c1-24(2,3)32-23(29)25-13-14-26-18(15-25)16-27(22(26)28)17-5-7-20(8-6-17)31-21-11-9-19(30-4)10-12-21/h5-12,18H,13-16H2,1-4H3. The molecule has 3 amide bonds. The highest BCUT2D eigenvalue weighted by atomic mass is 16.6. The Labute approximate surface area is 188 Å². The van der Waals surface area contributed by atoms with Crippen LogP contribution in [0.5, 0.6) is 17.2 Å². The molecule has 0 bridgehead atoms. The number of methoxy groups -OCH3 is 1. The summed E-state index contributed by atoms with van der Waals surface area (Å²) in [6.07, 6.45) is -0.330. The average Bonchev–Trinajstić information content (AvgIpc) is 3.09. The van der Waals surface area contributed by atoms with Crippen molar-refractivity contribution >= 4 is 17.8 Å². The Morgan fingerprint density at radius 3 is 2.09 bits per heavy atom. The second-order valence-electron chi connectivity index (χ2n) is 8.94. The third-order valence-electron chi connectivity index (χ3n) is 5.45.